The molecule has 0 radical (unpaired) electrons. The highest BCUT2D eigenvalue weighted by molar-refractivity contribution is 9.08. The number of nitro benzene ring substituents is 1. The Kier molecular flexibility index (Phi) is 3.43. The minimum Gasteiger partial charge on any atom is -0.357 e. The maximum Gasteiger partial charge on any atom is 0.292 e. The van der Waals surface area contributed by atoms with Crippen LogP contribution >= 0.6 is 15.9 Å². The first-order valence-corrected chi connectivity index (χ1v) is 7.39. The Morgan fingerprint density at radius 2 is 2.25 bits per heavy atom. The zero-order chi connectivity index (χ0) is 14.1. The second-order valence-corrected chi connectivity index (χ2v) is 5.23. The molecule has 2 aromatic rings. The van der Waals surface area contributed by atoms with Crippen LogP contribution in [0, 0.1) is 10.1 Å². The molecule has 0 atom stereocenters. The van der Waals surface area contributed by atoms with Gasteiger partial charge in [-0.25, -0.2) is 4.98 Å². The Morgan fingerprint density at radius 3 is 3.00 bits per heavy atom. The van der Waals surface area contributed by atoms with Gasteiger partial charge in [0.25, 0.3) is 5.69 Å². The van der Waals surface area contributed by atoms with Crippen LogP contribution in [0.2, 0.25) is 0 Å². The number of hydrogen-bond donors (Lipinski definition) is 0. The fraction of sp³-hybridized carbons (Fsp3) is 0.308. The zero-order valence-electron chi connectivity index (χ0n) is 10.7. The summed E-state index contributed by atoms with van der Waals surface area (Å²) in [5.41, 5.74) is 1.72. The van der Waals surface area contributed by atoms with Crippen LogP contribution in [-0.2, 0) is 18.4 Å². The van der Waals surface area contributed by atoms with Gasteiger partial charge in [-0.15, -0.1) is 0 Å². The number of fused-ring (bicyclic) bond motifs is 1. The van der Waals surface area contributed by atoms with E-state index < -0.39 is 0 Å². The van der Waals surface area contributed by atoms with Crippen LogP contribution in [0.3, 0.4) is 0 Å². The molecule has 1 aromatic carbocycles. The molecule has 6 nitrogen and oxygen atoms in total. The molecular formula is C13H13BrN4O2. The van der Waals surface area contributed by atoms with Crippen molar-refractivity contribution in [2.24, 2.45) is 0 Å². The number of hydrogen-bond acceptors (Lipinski definition) is 4. The van der Waals surface area contributed by atoms with Gasteiger partial charge in [0.05, 0.1) is 11.5 Å². The molecule has 0 N–H and O–H groups in total. The maximum atomic E-state index is 11.3. The van der Waals surface area contributed by atoms with E-state index >= 15 is 0 Å². The van der Waals surface area contributed by atoms with Gasteiger partial charge in [-0.05, 0) is 11.6 Å². The number of halogens is 1. The molecule has 0 spiro atoms. The number of rotatable bonds is 3. The number of nitro groups is 1. The van der Waals surface area contributed by atoms with Crippen molar-refractivity contribution >= 4 is 27.3 Å². The summed E-state index contributed by atoms with van der Waals surface area (Å²) in [6.45, 7) is 2.14. The van der Waals surface area contributed by atoms with Gasteiger partial charge in [0.15, 0.2) is 0 Å². The first kappa shape index (κ1) is 13.1. The van der Waals surface area contributed by atoms with E-state index in [4.69, 9.17) is 0 Å². The van der Waals surface area contributed by atoms with Crippen molar-refractivity contribution in [3.05, 3.63) is 52.1 Å². The zero-order valence-corrected chi connectivity index (χ0v) is 12.3. The Morgan fingerprint density at radius 1 is 1.40 bits per heavy atom. The summed E-state index contributed by atoms with van der Waals surface area (Å²) in [7, 11) is 0. The summed E-state index contributed by atoms with van der Waals surface area (Å²) in [5, 5.41) is 11.9. The van der Waals surface area contributed by atoms with E-state index in [1.54, 1.807) is 12.3 Å². The van der Waals surface area contributed by atoms with Crippen LogP contribution in [0.15, 0.2) is 30.6 Å². The number of benzene rings is 1. The second-order valence-electron chi connectivity index (χ2n) is 4.67. The van der Waals surface area contributed by atoms with Crippen molar-refractivity contribution in [3.63, 3.8) is 0 Å². The lowest BCUT2D eigenvalue weighted by molar-refractivity contribution is -0.384. The monoisotopic (exact) mass is 336 g/mol. The van der Waals surface area contributed by atoms with Crippen molar-refractivity contribution in [2.75, 3.05) is 11.4 Å². The van der Waals surface area contributed by atoms with E-state index in [9.17, 15) is 10.1 Å². The molecule has 0 amide bonds. The third kappa shape index (κ3) is 2.29. The molecule has 7 heteroatoms. The summed E-state index contributed by atoms with van der Waals surface area (Å²) >= 11 is 3.33. The van der Waals surface area contributed by atoms with Gasteiger partial charge in [0.2, 0.25) is 0 Å². The van der Waals surface area contributed by atoms with Crippen molar-refractivity contribution in [2.45, 2.75) is 18.4 Å². The molecule has 104 valence electrons. The van der Waals surface area contributed by atoms with Crippen LogP contribution in [-0.4, -0.2) is 21.0 Å². The Labute approximate surface area is 124 Å². The highest BCUT2D eigenvalue weighted by Crippen LogP contribution is 2.32. The average molecular weight is 337 g/mol. The molecule has 0 saturated carbocycles. The Balaban J connectivity index is 1.96. The van der Waals surface area contributed by atoms with Gasteiger partial charge in [-0.1, -0.05) is 22.0 Å². The minimum absolute atomic E-state index is 0.155. The Hall–Kier alpha value is -1.89. The van der Waals surface area contributed by atoms with Crippen molar-refractivity contribution in [1.82, 2.24) is 9.55 Å². The molecule has 2 heterocycles. The number of alkyl halides is 1. The third-order valence-electron chi connectivity index (χ3n) is 3.48. The Bertz CT molecular complexity index is 656. The van der Waals surface area contributed by atoms with Gasteiger partial charge in [-0.2, -0.15) is 0 Å². The SMILES string of the molecule is O=[N+]([O-])c1cc(CBr)ccc1N1CCn2ccnc2C1. The summed E-state index contributed by atoms with van der Waals surface area (Å²) in [4.78, 5) is 17.3. The second kappa shape index (κ2) is 5.24. The minimum atomic E-state index is -0.317. The van der Waals surface area contributed by atoms with Gasteiger partial charge < -0.3 is 9.47 Å². The highest BCUT2D eigenvalue weighted by Gasteiger charge is 2.24. The van der Waals surface area contributed by atoms with Crippen LogP contribution in [0.25, 0.3) is 0 Å². The van der Waals surface area contributed by atoms with Gasteiger partial charge in [0, 0.05) is 36.9 Å². The van der Waals surface area contributed by atoms with E-state index in [1.807, 2.05) is 23.2 Å². The quantitative estimate of drug-likeness (QED) is 0.491. The molecule has 1 aliphatic rings. The van der Waals surface area contributed by atoms with E-state index in [1.165, 1.54) is 0 Å². The molecule has 0 unspecified atom stereocenters. The number of imidazole rings is 1. The normalized spacial score (nSPS) is 14.2. The van der Waals surface area contributed by atoms with Gasteiger partial charge in [-0.3, -0.25) is 10.1 Å². The third-order valence-corrected chi connectivity index (χ3v) is 4.12. The molecule has 1 aromatic heterocycles. The smallest absolute Gasteiger partial charge is 0.292 e. The molecule has 0 bridgehead atoms. The number of anilines is 1. The van der Waals surface area contributed by atoms with E-state index in [2.05, 4.69) is 25.5 Å². The lowest BCUT2D eigenvalue weighted by Gasteiger charge is -2.29. The number of nitrogens with zero attached hydrogens (tertiary/aromatic N) is 4. The fourth-order valence-electron chi connectivity index (χ4n) is 2.44. The standard InChI is InChI=1S/C13H13BrN4O2/c14-8-10-1-2-11(12(7-10)18(19)20)17-6-5-16-4-3-15-13(16)9-17/h1-4,7H,5-6,8-9H2. The first-order valence-electron chi connectivity index (χ1n) is 6.27. The predicted molar refractivity (Wildman–Crippen MR) is 79.0 cm³/mol. The van der Waals surface area contributed by atoms with Crippen LogP contribution in [0.1, 0.15) is 11.4 Å². The summed E-state index contributed by atoms with van der Waals surface area (Å²) in [6, 6.07) is 5.37. The molecule has 0 aliphatic carbocycles. The molecule has 20 heavy (non-hydrogen) atoms. The van der Waals surface area contributed by atoms with Gasteiger partial charge >= 0.3 is 0 Å². The van der Waals surface area contributed by atoms with Crippen LogP contribution < -0.4 is 4.90 Å². The van der Waals surface area contributed by atoms with Crippen LogP contribution in [0.5, 0.6) is 0 Å². The molecule has 0 fully saturated rings. The van der Waals surface area contributed by atoms with Crippen LogP contribution in [0.4, 0.5) is 11.4 Å². The first-order chi connectivity index (χ1) is 9.69. The molecule has 0 saturated heterocycles. The summed E-state index contributed by atoms with van der Waals surface area (Å²) in [5.74, 6) is 0.940. The summed E-state index contributed by atoms with van der Waals surface area (Å²) in [6.07, 6.45) is 3.70. The molecular weight excluding hydrogens is 324 g/mol. The van der Waals surface area contributed by atoms with Gasteiger partial charge in [0.1, 0.15) is 11.5 Å². The van der Waals surface area contributed by atoms with Crippen molar-refractivity contribution < 1.29 is 4.92 Å². The van der Waals surface area contributed by atoms with Crippen molar-refractivity contribution in [3.8, 4) is 0 Å². The molecule has 1 aliphatic heterocycles. The lowest BCUT2D eigenvalue weighted by atomic mass is 10.1. The fourth-order valence-corrected chi connectivity index (χ4v) is 2.79. The van der Waals surface area contributed by atoms with Crippen molar-refractivity contribution in [1.29, 1.82) is 0 Å². The summed E-state index contributed by atoms with van der Waals surface area (Å²) < 4.78 is 2.08. The number of aromatic nitrogens is 2. The highest BCUT2D eigenvalue weighted by atomic mass is 79.9. The van der Waals surface area contributed by atoms with E-state index in [0.717, 1.165) is 24.5 Å². The van der Waals surface area contributed by atoms with E-state index in [0.29, 0.717) is 17.6 Å². The maximum absolute atomic E-state index is 11.3. The largest absolute Gasteiger partial charge is 0.357 e. The predicted octanol–water partition coefficient (Wildman–Crippen LogP) is 2.71. The lowest BCUT2D eigenvalue weighted by Crippen LogP contribution is -2.34. The molecule has 3 rings (SSSR count). The average Bonchev–Trinajstić information content (AvgIpc) is 2.93. The van der Waals surface area contributed by atoms with E-state index in [-0.39, 0.29) is 10.6 Å². The topological polar surface area (TPSA) is 64.2 Å².